The van der Waals surface area contributed by atoms with Crippen LogP contribution in [-0.4, -0.2) is 22.3 Å². The van der Waals surface area contributed by atoms with E-state index in [0.29, 0.717) is 12.5 Å². The first-order chi connectivity index (χ1) is 13.3. The van der Waals surface area contributed by atoms with Crippen LogP contribution >= 0.6 is 0 Å². The van der Waals surface area contributed by atoms with Gasteiger partial charge in [-0.25, -0.2) is 4.98 Å². The number of pyridine rings is 1. The molecule has 4 heteroatoms. The molecule has 1 unspecified atom stereocenters. The first-order valence-corrected chi connectivity index (χ1v) is 9.30. The molecule has 1 fully saturated rings. The maximum absolute atomic E-state index is 13.0. The lowest BCUT2D eigenvalue weighted by Gasteiger charge is -2.26. The molecule has 0 radical (unpaired) electrons. The number of nitrogens with zero attached hydrogens (tertiary/aromatic N) is 2. The molecule has 2 aromatic carbocycles. The fourth-order valence-electron chi connectivity index (χ4n) is 3.58. The molecule has 3 aromatic rings. The lowest BCUT2D eigenvalue weighted by atomic mass is 10.1. The molecule has 0 saturated carbocycles. The summed E-state index contributed by atoms with van der Waals surface area (Å²) in [5.41, 5.74) is 2.80. The summed E-state index contributed by atoms with van der Waals surface area (Å²) in [5, 5.41) is 0. The van der Waals surface area contributed by atoms with Crippen LogP contribution in [0.2, 0.25) is 0 Å². The highest BCUT2D eigenvalue weighted by molar-refractivity contribution is 5.94. The molecule has 1 saturated heterocycles. The minimum absolute atomic E-state index is 0.00261. The van der Waals surface area contributed by atoms with Gasteiger partial charge in [0.1, 0.15) is 6.61 Å². The second-order valence-corrected chi connectivity index (χ2v) is 6.69. The van der Waals surface area contributed by atoms with Gasteiger partial charge < -0.3 is 9.64 Å². The summed E-state index contributed by atoms with van der Waals surface area (Å²) in [7, 11) is 0. The SMILES string of the molecule is O=C(c1ccccc1)N1CCCC1c1cccnc1OCc1ccccc1. The normalized spacial score (nSPS) is 16.3. The van der Waals surface area contributed by atoms with Crippen LogP contribution in [-0.2, 0) is 6.61 Å². The summed E-state index contributed by atoms with van der Waals surface area (Å²) in [6.45, 7) is 1.22. The van der Waals surface area contributed by atoms with E-state index in [0.717, 1.165) is 36.1 Å². The van der Waals surface area contributed by atoms with E-state index in [4.69, 9.17) is 4.74 Å². The average molecular weight is 358 g/mol. The summed E-state index contributed by atoms with van der Waals surface area (Å²) in [6.07, 6.45) is 3.64. The van der Waals surface area contributed by atoms with E-state index in [2.05, 4.69) is 4.98 Å². The van der Waals surface area contributed by atoms with E-state index in [9.17, 15) is 4.79 Å². The summed E-state index contributed by atoms with van der Waals surface area (Å²) in [4.78, 5) is 19.4. The lowest BCUT2D eigenvalue weighted by molar-refractivity contribution is 0.0733. The van der Waals surface area contributed by atoms with E-state index in [1.807, 2.05) is 77.7 Å². The van der Waals surface area contributed by atoms with Gasteiger partial charge in [0.15, 0.2) is 0 Å². The first kappa shape index (κ1) is 17.3. The van der Waals surface area contributed by atoms with Gasteiger partial charge in [0.05, 0.1) is 6.04 Å². The van der Waals surface area contributed by atoms with Gasteiger partial charge in [0, 0.05) is 23.9 Å². The molecular formula is C23H22N2O2. The predicted octanol–water partition coefficient (Wildman–Crippen LogP) is 4.64. The van der Waals surface area contributed by atoms with Crippen molar-refractivity contribution in [3.63, 3.8) is 0 Å². The number of benzene rings is 2. The van der Waals surface area contributed by atoms with Crippen LogP contribution in [0.3, 0.4) is 0 Å². The number of aromatic nitrogens is 1. The van der Waals surface area contributed by atoms with Crippen molar-refractivity contribution in [2.45, 2.75) is 25.5 Å². The van der Waals surface area contributed by atoms with Crippen molar-refractivity contribution in [2.24, 2.45) is 0 Å². The van der Waals surface area contributed by atoms with Gasteiger partial charge in [-0.05, 0) is 36.6 Å². The fourth-order valence-corrected chi connectivity index (χ4v) is 3.58. The zero-order chi connectivity index (χ0) is 18.5. The molecule has 27 heavy (non-hydrogen) atoms. The molecule has 136 valence electrons. The zero-order valence-electron chi connectivity index (χ0n) is 15.1. The topological polar surface area (TPSA) is 42.4 Å². The van der Waals surface area contributed by atoms with Crippen LogP contribution < -0.4 is 4.74 Å². The number of likely N-dealkylation sites (tertiary alicyclic amines) is 1. The minimum Gasteiger partial charge on any atom is -0.473 e. The third-order valence-corrected chi connectivity index (χ3v) is 4.91. The molecule has 2 heterocycles. The Morgan fingerprint density at radius 2 is 1.74 bits per heavy atom. The number of amides is 1. The van der Waals surface area contributed by atoms with Crippen molar-refractivity contribution >= 4 is 5.91 Å². The van der Waals surface area contributed by atoms with Crippen LogP contribution in [0.25, 0.3) is 0 Å². The van der Waals surface area contributed by atoms with Gasteiger partial charge >= 0.3 is 0 Å². The Morgan fingerprint density at radius 3 is 2.52 bits per heavy atom. The molecule has 0 N–H and O–H groups in total. The molecule has 0 spiro atoms. The second kappa shape index (κ2) is 8.04. The molecule has 4 nitrogen and oxygen atoms in total. The summed E-state index contributed by atoms with van der Waals surface area (Å²) < 4.78 is 6.02. The van der Waals surface area contributed by atoms with Gasteiger partial charge in [-0.1, -0.05) is 54.6 Å². The first-order valence-electron chi connectivity index (χ1n) is 9.30. The second-order valence-electron chi connectivity index (χ2n) is 6.69. The Bertz CT molecular complexity index is 897. The number of ether oxygens (including phenoxy) is 1. The van der Waals surface area contributed by atoms with E-state index in [-0.39, 0.29) is 11.9 Å². The lowest BCUT2D eigenvalue weighted by Crippen LogP contribution is -2.30. The van der Waals surface area contributed by atoms with Crippen molar-refractivity contribution in [1.29, 1.82) is 0 Å². The van der Waals surface area contributed by atoms with Crippen LogP contribution in [0.4, 0.5) is 0 Å². The minimum atomic E-state index is -0.00261. The zero-order valence-corrected chi connectivity index (χ0v) is 15.1. The van der Waals surface area contributed by atoms with Gasteiger partial charge in [0.2, 0.25) is 5.88 Å². The number of carbonyl (C=O) groups excluding carboxylic acids is 1. The summed E-state index contributed by atoms with van der Waals surface area (Å²) in [5.74, 6) is 0.676. The monoisotopic (exact) mass is 358 g/mol. The van der Waals surface area contributed by atoms with Crippen molar-refractivity contribution < 1.29 is 9.53 Å². The molecule has 1 amide bonds. The molecule has 1 aromatic heterocycles. The molecule has 1 atom stereocenters. The van der Waals surface area contributed by atoms with Crippen molar-refractivity contribution in [2.75, 3.05) is 6.54 Å². The highest BCUT2D eigenvalue weighted by Gasteiger charge is 2.32. The third kappa shape index (κ3) is 3.85. The van der Waals surface area contributed by atoms with E-state index in [1.54, 1.807) is 6.20 Å². The Kier molecular flexibility index (Phi) is 5.15. The smallest absolute Gasteiger partial charge is 0.254 e. The predicted molar refractivity (Wildman–Crippen MR) is 104 cm³/mol. The Labute approximate surface area is 159 Å². The van der Waals surface area contributed by atoms with E-state index in [1.165, 1.54) is 0 Å². The van der Waals surface area contributed by atoms with Gasteiger partial charge in [-0.3, -0.25) is 4.79 Å². The van der Waals surface area contributed by atoms with Gasteiger partial charge in [0.25, 0.3) is 5.91 Å². The molecule has 4 rings (SSSR count). The summed E-state index contributed by atoms with van der Waals surface area (Å²) >= 11 is 0. The van der Waals surface area contributed by atoms with Gasteiger partial charge in [-0.2, -0.15) is 0 Å². The molecule has 0 aliphatic carbocycles. The summed E-state index contributed by atoms with van der Waals surface area (Å²) in [6, 6.07) is 23.4. The van der Waals surface area contributed by atoms with Crippen molar-refractivity contribution in [3.05, 3.63) is 95.7 Å². The van der Waals surface area contributed by atoms with Crippen LogP contribution in [0, 0.1) is 0 Å². The fraction of sp³-hybridized carbons (Fsp3) is 0.217. The standard InChI is InChI=1S/C23H22N2O2/c26-23(19-11-5-2-6-12-19)25-16-8-14-21(25)20-13-7-15-24-22(20)27-17-18-9-3-1-4-10-18/h1-7,9-13,15,21H,8,14,16-17H2. The maximum Gasteiger partial charge on any atom is 0.254 e. The van der Waals surface area contributed by atoms with Crippen molar-refractivity contribution in [3.8, 4) is 5.88 Å². The van der Waals surface area contributed by atoms with Crippen LogP contribution in [0.5, 0.6) is 5.88 Å². The molecular weight excluding hydrogens is 336 g/mol. The van der Waals surface area contributed by atoms with Crippen molar-refractivity contribution in [1.82, 2.24) is 9.88 Å². The van der Waals surface area contributed by atoms with E-state index < -0.39 is 0 Å². The Morgan fingerprint density at radius 1 is 1.00 bits per heavy atom. The number of carbonyl (C=O) groups is 1. The third-order valence-electron chi connectivity index (χ3n) is 4.91. The largest absolute Gasteiger partial charge is 0.473 e. The quantitative estimate of drug-likeness (QED) is 0.667. The number of hydrogen-bond acceptors (Lipinski definition) is 3. The Balaban J connectivity index is 1.56. The highest BCUT2D eigenvalue weighted by Crippen LogP contribution is 2.37. The van der Waals surface area contributed by atoms with Crippen LogP contribution in [0.1, 0.15) is 40.4 Å². The average Bonchev–Trinajstić information content (AvgIpc) is 3.23. The molecule has 1 aliphatic rings. The van der Waals surface area contributed by atoms with Gasteiger partial charge in [-0.15, -0.1) is 0 Å². The number of rotatable bonds is 5. The molecule has 1 aliphatic heterocycles. The maximum atomic E-state index is 13.0. The molecule has 0 bridgehead atoms. The van der Waals surface area contributed by atoms with E-state index >= 15 is 0 Å². The Hall–Kier alpha value is -3.14. The number of hydrogen-bond donors (Lipinski definition) is 0. The highest BCUT2D eigenvalue weighted by atomic mass is 16.5. The van der Waals surface area contributed by atoms with Crippen LogP contribution in [0.15, 0.2) is 79.0 Å².